The van der Waals surface area contributed by atoms with Crippen molar-refractivity contribution in [3.63, 3.8) is 0 Å². The van der Waals surface area contributed by atoms with Crippen LogP contribution in [0.3, 0.4) is 0 Å². The maximum absolute atomic E-state index is 13.3. The first-order valence-electron chi connectivity index (χ1n) is 9.70. The van der Waals surface area contributed by atoms with E-state index in [-0.39, 0.29) is 34.7 Å². The van der Waals surface area contributed by atoms with Crippen molar-refractivity contribution in [1.82, 2.24) is 14.8 Å². The Morgan fingerprint density at radius 1 is 1.18 bits per heavy atom. The van der Waals surface area contributed by atoms with Gasteiger partial charge in [0, 0.05) is 24.5 Å². The molecule has 7 nitrogen and oxygen atoms in total. The van der Waals surface area contributed by atoms with Gasteiger partial charge in [-0.25, -0.2) is 8.42 Å². The zero-order valence-corrected chi connectivity index (χ0v) is 17.2. The van der Waals surface area contributed by atoms with Crippen molar-refractivity contribution in [3.05, 3.63) is 46.4 Å². The Morgan fingerprint density at radius 3 is 2.54 bits per heavy atom. The summed E-state index contributed by atoms with van der Waals surface area (Å²) in [6.45, 7) is 6.90. The van der Waals surface area contributed by atoms with E-state index in [0.29, 0.717) is 30.3 Å². The van der Waals surface area contributed by atoms with Crippen molar-refractivity contribution in [2.45, 2.75) is 26.3 Å². The Labute approximate surface area is 165 Å². The molecule has 0 radical (unpaired) electrons. The Bertz CT molecular complexity index is 1010. The highest BCUT2D eigenvalue weighted by molar-refractivity contribution is 7.91. The Morgan fingerprint density at radius 2 is 1.89 bits per heavy atom. The lowest BCUT2D eigenvalue weighted by atomic mass is 10.1. The van der Waals surface area contributed by atoms with Gasteiger partial charge in [-0.1, -0.05) is 32.0 Å². The average molecular weight is 406 g/mol. The minimum Gasteiger partial charge on any atom is -0.332 e. The molecule has 1 aliphatic heterocycles. The van der Waals surface area contributed by atoms with E-state index in [1.165, 1.54) is 0 Å². The summed E-state index contributed by atoms with van der Waals surface area (Å²) < 4.78 is 24.0. The summed E-state index contributed by atoms with van der Waals surface area (Å²) in [5.41, 5.74) is -0.114. The lowest BCUT2D eigenvalue weighted by molar-refractivity contribution is 0.0668. The van der Waals surface area contributed by atoms with Crippen molar-refractivity contribution in [1.29, 1.82) is 0 Å². The predicted molar refractivity (Wildman–Crippen MR) is 110 cm³/mol. The summed E-state index contributed by atoms with van der Waals surface area (Å²) in [5.74, 6) is -0.243. The van der Waals surface area contributed by atoms with Gasteiger partial charge in [0.05, 0.1) is 11.5 Å². The number of carbonyl (C=O) groups excluding carboxylic acids is 1. The molecule has 1 saturated heterocycles. The number of amides is 1. The van der Waals surface area contributed by atoms with Gasteiger partial charge in [0.2, 0.25) is 0 Å². The molecule has 0 spiro atoms. The SMILES string of the molecule is CCN(CC)CCN(C(=O)c1cc2ccccc2c(=O)[nH]1)C1CCS(=O)(=O)C1. The van der Waals surface area contributed by atoms with Crippen LogP contribution in [0.5, 0.6) is 0 Å². The zero-order chi connectivity index (χ0) is 20.3. The highest BCUT2D eigenvalue weighted by atomic mass is 32.2. The molecule has 2 aromatic rings. The van der Waals surface area contributed by atoms with Gasteiger partial charge < -0.3 is 14.8 Å². The Hall–Kier alpha value is -2.19. The lowest BCUT2D eigenvalue weighted by Crippen LogP contribution is -2.46. The number of aromatic amines is 1. The number of hydrogen-bond acceptors (Lipinski definition) is 5. The number of benzene rings is 1. The van der Waals surface area contributed by atoms with Crippen molar-refractivity contribution < 1.29 is 13.2 Å². The summed E-state index contributed by atoms with van der Waals surface area (Å²) in [6.07, 6.45) is 0.435. The second-order valence-electron chi connectivity index (χ2n) is 7.18. The number of H-pyrrole nitrogens is 1. The number of nitrogens with one attached hydrogen (secondary N) is 1. The van der Waals surface area contributed by atoms with Crippen molar-refractivity contribution in [2.75, 3.05) is 37.7 Å². The number of pyridine rings is 1. The molecule has 152 valence electrons. The molecule has 0 bridgehead atoms. The summed E-state index contributed by atoms with van der Waals surface area (Å²) >= 11 is 0. The molecule has 0 saturated carbocycles. The third-order valence-corrected chi connectivity index (χ3v) is 7.20. The van der Waals surface area contributed by atoms with Crippen molar-refractivity contribution in [3.8, 4) is 0 Å². The van der Waals surface area contributed by atoms with Gasteiger partial charge in [-0.2, -0.15) is 0 Å². The molecule has 2 heterocycles. The number of likely N-dealkylation sites (N-methyl/N-ethyl adjacent to an activating group) is 1. The highest BCUT2D eigenvalue weighted by Gasteiger charge is 2.35. The van der Waals surface area contributed by atoms with Crippen LogP contribution in [0.1, 0.15) is 30.8 Å². The lowest BCUT2D eigenvalue weighted by Gasteiger charge is -2.30. The van der Waals surface area contributed by atoms with E-state index >= 15 is 0 Å². The molecule has 1 fully saturated rings. The fourth-order valence-corrected chi connectivity index (χ4v) is 5.47. The molecule has 0 aliphatic carbocycles. The van der Waals surface area contributed by atoms with Gasteiger partial charge in [0.15, 0.2) is 9.84 Å². The molecule has 28 heavy (non-hydrogen) atoms. The number of aromatic nitrogens is 1. The number of sulfone groups is 1. The first-order chi connectivity index (χ1) is 13.3. The van der Waals surface area contributed by atoms with E-state index in [2.05, 4.69) is 23.7 Å². The highest BCUT2D eigenvalue weighted by Crippen LogP contribution is 2.20. The molecular weight excluding hydrogens is 378 g/mol. The quantitative estimate of drug-likeness (QED) is 0.754. The van der Waals surface area contributed by atoms with Crippen LogP contribution in [0, 0.1) is 0 Å². The molecule has 3 rings (SSSR count). The minimum atomic E-state index is -3.13. The van der Waals surface area contributed by atoms with Crippen LogP contribution in [0.25, 0.3) is 10.8 Å². The first kappa shape index (κ1) is 20.5. The third kappa shape index (κ3) is 4.44. The number of rotatable bonds is 7. The van der Waals surface area contributed by atoms with Crippen molar-refractivity contribution >= 4 is 26.5 Å². The molecule has 1 atom stereocenters. The summed E-state index contributed by atoms with van der Waals surface area (Å²) in [4.78, 5) is 32.1. The normalized spacial score (nSPS) is 18.6. The monoisotopic (exact) mass is 405 g/mol. The molecule has 1 amide bonds. The maximum Gasteiger partial charge on any atom is 0.270 e. The Kier molecular flexibility index (Phi) is 6.20. The van der Waals surface area contributed by atoms with Crippen LogP contribution in [0.15, 0.2) is 35.1 Å². The van der Waals surface area contributed by atoms with E-state index in [4.69, 9.17) is 0 Å². The molecule has 1 aliphatic rings. The van der Waals surface area contributed by atoms with Crippen LogP contribution in [-0.2, 0) is 9.84 Å². The van der Waals surface area contributed by atoms with Gasteiger partial charge in [-0.15, -0.1) is 0 Å². The minimum absolute atomic E-state index is 0.0190. The number of hydrogen-bond donors (Lipinski definition) is 1. The molecule has 1 aromatic carbocycles. The predicted octanol–water partition coefficient (Wildman–Crippen LogP) is 1.50. The second-order valence-corrected chi connectivity index (χ2v) is 9.41. The molecule has 1 N–H and O–H groups in total. The topological polar surface area (TPSA) is 90.6 Å². The van der Waals surface area contributed by atoms with Gasteiger partial charge >= 0.3 is 0 Å². The van der Waals surface area contributed by atoms with E-state index in [1.54, 1.807) is 29.2 Å². The van der Waals surface area contributed by atoms with Crippen LogP contribution in [-0.4, -0.2) is 72.8 Å². The van der Waals surface area contributed by atoms with E-state index in [1.807, 2.05) is 6.07 Å². The maximum atomic E-state index is 13.3. The van der Waals surface area contributed by atoms with Crippen molar-refractivity contribution in [2.24, 2.45) is 0 Å². The molecule has 8 heteroatoms. The van der Waals surface area contributed by atoms with Crippen LogP contribution in [0.2, 0.25) is 0 Å². The number of fused-ring (bicyclic) bond motifs is 1. The summed E-state index contributed by atoms with van der Waals surface area (Å²) in [7, 11) is -3.13. The third-order valence-electron chi connectivity index (χ3n) is 5.45. The van der Waals surface area contributed by atoms with E-state index < -0.39 is 9.84 Å². The largest absolute Gasteiger partial charge is 0.332 e. The van der Waals surface area contributed by atoms with Crippen LogP contribution >= 0.6 is 0 Å². The fourth-order valence-electron chi connectivity index (χ4n) is 3.74. The standard InChI is InChI=1S/C20H27N3O4S/c1-3-22(4-2)10-11-23(16-9-12-28(26,27)14-16)20(25)18-13-15-7-5-6-8-17(15)19(24)21-18/h5-8,13,16H,3-4,9-12,14H2,1-2H3,(H,21,24). The second kappa shape index (κ2) is 8.45. The zero-order valence-electron chi connectivity index (χ0n) is 16.3. The van der Waals surface area contributed by atoms with E-state index in [0.717, 1.165) is 13.1 Å². The summed E-state index contributed by atoms with van der Waals surface area (Å²) in [5, 5.41) is 1.22. The average Bonchev–Trinajstić information content (AvgIpc) is 3.04. The van der Waals surface area contributed by atoms with Crippen LogP contribution < -0.4 is 5.56 Å². The fraction of sp³-hybridized carbons (Fsp3) is 0.500. The van der Waals surface area contributed by atoms with Gasteiger partial charge in [-0.05, 0) is 37.0 Å². The smallest absolute Gasteiger partial charge is 0.270 e. The Balaban J connectivity index is 1.92. The van der Waals surface area contributed by atoms with Gasteiger partial charge in [-0.3, -0.25) is 9.59 Å². The molecule has 1 unspecified atom stereocenters. The number of carbonyl (C=O) groups is 1. The van der Waals surface area contributed by atoms with Crippen LogP contribution in [0.4, 0.5) is 0 Å². The van der Waals surface area contributed by atoms with Gasteiger partial charge in [0.25, 0.3) is 11.5 Å². The van der Waals surface area contributed by atoms with E-state index in [9.17, 15) is 18.0 Å². The van der Waals surface area contributed by atoms with Gasteiger partial charge in [0.1, 0.15) is 5.69 Å². The molecular formula is C20H27N3O4S. The first-order valence-corrected chi connectivity index (χ1v) is 11.5. The molecule has 1 aromatic heterocycles. The summed E-state index contributed by atoms with van der Waals surface area (Å²) in [6, 6.07) is 8.41. The number of nitrogens with zero attached hydrogens (tertiary/aromatic N) is 2.